The third kappa shape index (κ3) is 3.41. The number of rotatable bonds is 4. The van der Waals surface area contributed by atoms with E-state index >= 15 is 0 Å². The van der Waals surface area contributed by atoms with Crippen molar-refractivity contribution in [1.29, 1.82) is 0 Å². The quantitative estimate of drug-likeness (QED) is 0.801. The summed E-state index contributed by atoms with van der Waals surface area (Å²) in [6.07, 6.45) is 0.757. The van der Waals surface area contributed by atoms with Gasteiger partial charge in [0.2, 0.25) is 0 Å². The second-order valence-corrected chi connectivity index (χ2v) is 5.69. The first-order chi connectivity index (χ1) is 9.10. The van der Waals surface area contributed by atoms with Crippen molar-refractivity contribution in [3.8, 4) is 0 Å². The first kappa shape index (κ1) is 13.7. The molecular weight excluding hydrogens is 258 g/mol. The van der Waals surface area contributed by atoms with E-state index in [-0.39, 0.29) is 5.97 Å². The molecular formula is C15H17NO2S. The van der Waals surface area contributed by atoms with Gasteiger partial charge >= 0.3 is 5.97 Å². The lowest BCUT2D eigenvalue weighted by atomic mass is 10.1. The minimum atomic E-state index is -0.327. The van der Waals surface area contributed by atoms with Gasteiger partial charge in [0, 0.05) is 11.3 Å². The van der Waals surface area contributed by atoms with Crippen molar-refractivity contribution in [1.82, 2.24) is 4.98 Å². The first-order valence-electron chi connectivity index (χ1n) is 6.29. The molecule has 2 rings (SSSR count). The van der Waals surface area contributed by atoms with Gasteiger partial charge in [0.25, 0.3) is 0 Å². The highest BCUT2D eigenvalue weighted by atomic mass is 32.1. The third-order valence-corrected chi connectivity index (χ3v) is 3.72. The molecule has 3 nitrogen and oxygen atoms in total. The number of carbonyl (C=O) groups excluding carboxylic acids is 1. The van der Waals surface area contributed by atoms with Crippen molar-refractivity contribution in [3.05, 3.63) is 51.0 Å². The van der Waals surface area contributed by atoms with Crippen molar-refractivity contribution >= 4 is 17.3 Å². The zero-order valence-corrected chi connectivity index (χ0v) is 12.2. The highest BCUT2D eigenvalue weighted by Gasteiger charge is 2.16. The molecule has 0 aliphatic carbocycles. The van der Waals surface area contributed by atoms with Crippen LogP contribution in [0.3, 0.4) is 0 Å². The van der Waals surface area contributed by atoms with Crippen LogP contribution >= 0.6 is 11.3 Å². The van der Waals surface area contributed by atoms with Crippen LogP contribution in [0.4, 0.5) is 0 Å². The number of ether oxygens (including phenoxy) is 1. The number of esters is 1. The van der Waals surface area contributed by atoms with Gasteiger partial charge in [-0.05, 0) is 26.3 Å². The average Bonchev–Trinajstić information content (AvgIpc) is 2.70. The summed E-state index contributed by atoms with van der Waals surface area (Å²) in [4.78, 5) is 17.0. The summed E-state index contributed by atoms with van der Waals surface area (Å²) in [5.41, 5.74) is 2.90. The zero-order chi connectivity index (χ0) is 13.8. The van der Waals surface area contributed by atoms with Crippen LogP contribution in [0.15, 0.2) is 24.3 Å². The number of hydrogen-bond donors (Lipinski definition) is 0. The highest BCUT2D eigenvalue weighted by molar-refractivity contribution is 7.11. The van der Waals surface area contributed by atoms with E-state index in [1.54, 1.807) is 18.3 Å². The molecule has 0 radical (unpaired) electrons. The van der Waals surface area contributed by atoms with E-state index in [0.29, 0.717) is 12.3 Å². The zero-order valence-electron chi connectivity index (χ0n) is 11.4. The van der Waals surface area contributed by atoms with Gasteiger partial charge in [-0.25, -0.2) is 9.78 Å². The van der Waals surface area contributed by atoms with Gasteiger partial charge in [-0.1, -0.05) is 29.8 Å². The standard InChI is InChI=1S/C15H17NO2S/c1-4-18-15(17)14-11(3)19-13(16-14)9-12-7-5-6-10(2)8-12/h5-8H,4,9H2,1-3H3. The van der Waals surface area contributed by atoms with Crippen molar-refractivity contribution in [3.63, 3.8) is 0 Å². The predicted molar refractivity (Wildman–Crippen MR) is 76.8 cm³/mol. The molecule has 1 heterocycles. The van der Waals surface area contributed by atoms with Crippen molar-refractivity contribution < 1.29 is 9.53 Å². The SMILES string of the molecule is CCOC(=O)c1nc(Cc2cccc(C)c2)sc1C. The molecule has 2 aromatic rings. The molecule has 0 saturated heterocycles. The molecule has 100 valence electrons. The van der Waals surface area contributed by atoms with Gasteiger partial charge in [0.05, 0.1) is 11.6 Å². The Labute approximate surface area is 117 Å². The van der Waals surface area contributed by atoms with Crippen molar-refractivity contribution in [2.24, 2.45) is 0 Å². The lowest BCUT2D eigenvalue weighted by Gasteiger charge is -1.99. The molecule has 0 saturated carbocycles. The molecule has 0 aliphatic heterocycles. The Morgan fingerprint density at radius 3 is 2.84 bits per heavy atom. The molecule has 0 atom stereocenters. The maximum Gasteiger partial charge on any atom is 0.358 e. The minimum Gasteiger partial charge on any atom is -0.461 e. The van der Waals surface area contributed by atoms with Crippen LogP contribution in [0.2, 0.25) is 0 Å². The van der Waals surface area contributed by atoms with E-state index in [0.717, 1.165) is 16.3 Å². The second-order valence-electron chi connectivity index (χ2n) is 4.40. The summed E-state index contributed by atoms with van der Waals surface area (Å²) in [5, 5.41) is 0.950. The molecule has 0 fully saturated rings. The fourth-order valence-corrected chi connectivity index (χ4v) is 2.87. The maximum atomic E-state index is 11.7. The van der Waals surface area contributed by atoms with E-state index in [1.807, 2.05) is 13.0 Å². The Bertz CT molecular complexity index is 590. The second kappa shape index (κ2) is 5.97. The number of aryl methyl sites for hydroxylation is 2. The van der Waals surface area contributed by atoms with E-state index in [4.69, 9.17) is 4.74 Å². The van der Waals surface area contributed by atoms with Gasteiger partial charge in [-0.15, -0.1) is 11.3 Å². The minimum absolute atomic E-state index is 0.327. The lowest BCUT2D eigenvalue weighted by molar-refractivity contribution is 0.0519. The van der Waals surface area contributed by atoms with Crippen LogP contribution in [-0.4, -0.2) is 17.6 Å². The van der Waals surface area contributed by atoms with E-state index in [2.05, 4.69) is 30.1 Å². The van der Waals surface area contributed by atoms with Crippen LogP contribution in [0.5, 0.6) is 0 Å². The Hall–Kier alpha value is -1.68. The van der Waals surface area contributed by atoms with E-state index in [1.165, 1.54) is 11.1 Å². The summed E-state index contributed by atoms with van der Waals surface area (Å²) >= 11 is 1.56. The third-order valence-electron chi connectivity index (χ3n) is 2.75. The largest absolute Gasteiger partial charge is 0.461 e. The number of carbonyl (C=O) groups is 1. The number of thiazole rings is 1. The maximum absolute atomic E-state index is 11.7. The van der Waals surface area contributed by atoms with Crippen molar-refractivity contribution in [2.45, 2.75) is 27.2 Å². The average molecular weight is 275 g/mol. The van der Waals surface area contributed by atoms with Gasteiger partial charge in [-0.2, -0.15) is 0 Å². The monoisotopic (exact) mass is 275 g/mol. The number of hydrogen-bond acceptors (Lipinski definition) is 4. The number of benzene rings is 1. The Morgan fingerprint density at radius 1 is 1.37 bits per heavy atom. The molecule has 1 aromatic carbocycles. The molecule has 19 heavy (non-hydrogen) atoms. The Morgan fingerprint density at radius 2 is 2.16 bits per heavy atom. The Kier molecular flexibility index (Phi) is 4.32. The van der Waals surface area contributed by atoms with Crippen molar-refractivity contribution in [2.75, 3.05) is 6.61 Å². The summed E-state index contributed by atoms with van der Waals surface area (Å²) in [6.45, 7) is 6.15. The van der Waals surface area contributed by atoms with Gasteiger partial charge in [-0.3, -0.25) is 0 Å². The Balaban J connectivity index is 2.18. The molecule has 4 heteroatoms. The van der Waals surface area contributed by atoms with Crippen LogP contribution in [0.1, 0.15) is 38.4 Å². The van der Waals surface area contributed by atoms with Crippen LogP contribution in [0, 0.1) is 13.8 Å². The smallest absolute Gasteiger partial charge is 0.358 e. The topological polar surface area (TPSA) is 39.2 Å². The molecule has 0 amide bonds. The summed E-state index contributed by atoms with van der Waals surface area (Å²) in [5.74, 6) is -0.327. The highest BCUT2D eigenvalue weighted by Crippen LogP contribution is 2.21. The van der Waals surface area contributed by atoms with E-state index < -0.39 is 0 Å². The molecule has 0 aliphatic rings. The number of nitrogens with zero attached hydrogens (tertiary/aromatic N) is 1. The summed E-state index contributed by atoms with van der Waals surface area (Å²) in [6, 6.07) is 8.33. The predicted octanol–water partition coefficient (Wildman–Crippen LogP) is 3.53. The van der Waals surface area contributed by atoms with Crippen LogP contribution < -0.4 is 0 Å². The molecule has 1 aromatic heterocycles. The number of aromatic nitrogens is 1. The van der Waals surface area contributed by atoms with Gasteiger partial charge < -0.3 is 4.74 Å². The van der Waals surface area contributed by atoms with Gasteiger partial charge in [0.1, 0.15) is 0 Å². The molecule has 0 spiro atoms. The molecule has 0 bridgehead atoms. The fourth-order valence-electron chi connectivity index (χ4n) is 1.91. The molecule has 0 unspecified atom stereocenters. The van der Waals surface area contributed by atoms with Gasteiger partial charge in [0.15, 0.2) is 5.69 Å². The first-order valence-corrected chi connectivity index (χ1v) is 7.10. The lowest BCUT2D eigenvalue weighted by Crippen LogP contribution is -2.06. The summed E-state index contributed by atoms with van der Waals surface area (Å²) in [7, 11) is 0. The molecule has 0 N–H and O–H groups in total. The van der Waals surface area contributed by atoms with Crippen LogP contribution in [-0.2, 0) is 11.2 Å². The summed E-state index contributed by atoms with van der Waals surface area (Å²) < 4.78 is 5.00. The van der Waals surface area contributed by atoms with Crippen LogP contribution in [0.25, 0.3) is 0 Å². The van der Waals surface area contributed by atoms with E-state index in [9.17, 15) is 4.79 Å². The fraction of sp³-hybridized carbons (Fsp3) is 0.333. The normalized spacial score (nSPS) is 10.5.